The van der Waals surface area contributed by atoms with Crippen LogP contribution in [0.2, 0.25) is 0 Å². The highest BCUT2D eigenvalue weighted by atomic mass is 16.5. The van der Waals surface area contributed by atoms with Gasteiger partial charge < -0.3 is 14.6 Å². The second-order valence-corrected chi connectivity index (χ2v) is 16.2. The summed E-state index contributed by atoms with van der Waals surface area (Å²) < 4.78 is 5.35. The number of esters is 1. The number of hydrogen-bond acceptors (Lipinski definition) is 5. The predicted molar refractivity (Wildman–Crippen MR) is 162 cm³/mol. The van der Waals surface area contributed by atoms with Crippen LogP contribution < -0.4 is 0 Å². The van der Waals surface area contributed by atoms with Gasteiger partial charge in [0.25, 0.3) is 0 Å². The maximum absolute atomic E-state index is 13.2. The number of fused-ring (bicyclic) bond motifs is 1. The normalized spacial score (nSPS) is 30.2. The quantitative estimate of drug-likeness (QED) is 0.241. The molecule has 1 saturated carbocycles. The maximum Gasteiger partial charge on any atom is 0.311 e. The fourth-order valence-electron chi connectivity index (χ4n) is 8.88. The number of nitrogens with zero attached hydrogens (tertiary/aromatic N) is 1. The fourth-order valence-corrected chi connectivity index (χ4v) is 8.88. The average Bonchev–Trinajstić information content (AvgIpc) is 2.85. The maximum atomic E-state index is 13.2. The lowest BCUT2D eigenvalue weighted by Crippen LogP contribution is -2.59. The van der Waals surface area contributed by atoms with Crippen LogP contribution in [0.5, 0.6) is 0 Å². The van der Waals surface area contributed by atoms with Crippen molar-refractivity contribution >= 4 is 11.8 Å². The number of carbonyl (C=O) groups excluding carboxylic acids is 2. The van der Waals surface area contributed by atoms with E-state index >= 15 is 0 Å². The van der Waals surface area contributed by atoms with Crippen LogP contribution in [0.4, 0.5) is 0 Å². The van der Waals surface area contributed by atoms with E-state index in [1.165, 1.54) is 7.11 Å². The first-order valence-electron chi connectivity index (χ1n) is 15.6. The molecule has 0 bridgehead atoms. The summed E-state index contributed by atoms with van der Waals surface area (Å²) in [6, 6.07) is 2.30. The van der Waals surface area contributed by atoms with Crippen LogP contribution in [0.15, 0.2) is 11.3 Å². The molecule has 0 aromatic carbocycles. The topological polar surface area (TPSA) is 87.4 Å². The third-order valence-electron chi connectivity index (χ3n) is 12.1. The molecule has 0 aliphatic heterocycles. The second-order valence-electron chi connectivity index (χ2n) is 16.2. The van der Waals surface area contributed by atoms with Crippen LogP contribution in [0.1, 0.15) is 140 Å². The Balaban J connectivity index is 2.48. The molecule has 0 aromatic rings. The number of aliphatic hydroxyl groups excluding tert-OH is 1. The van der Waals surface area contributed by atoms with E-state index in [0.29, 0.717) is 18.4 Å². The number of aliphatic hydroxyl groups is 1. The molecule has 0 amide bonds. The van der Waals surface area contributed by atoms with Gasteiger partial charge in [-0.05, 0) is 98.7 Å². The third-order valence-corrected chi connectivity index (χ3v) is 12.1. The van der Waals surface area contributed by atoms with E-state index < -0.39 is 10.8 Å². The van der Waals surface area contributed by atoms with Gasteiger partial charge >= 0.3 is 5.97 Å². The Morgan fingerprint density at radius 2 is 1.60 bits per heavy atom. The molecule has 5 atom stereocenters. The zero-order chi connectivity index (χ0) is 30.9. The van der Waals surface area contributed by atoms with Crippen LogP contribution in [0.25, 0.3) is 0 Å². The predicted octanol–water partition coefficient (Wildman–Crippen LogP) is 9.36. The van der Waals surface area contributed by atoms with Gasteiger partial charge in [0.05, 0.1) is 24.2 Å². The minimum absolute atomic E-state index is 0.0508. The summed E-state index contributed by atoms with van der Waals surface area (Å²) in [4.78, 5) is 26.0. The molecule has 40 heavy (non-hydrogen) atoms. The van der Waals surface area contributed by atoms with Crippen LogP contribution >= 0.6 is 0 Å². The molecule has 0 aromatic heterocycles. The molecular weight excluding hydrogens is 498 g/mol. The molecule has 0 saturated heterocycles. The molecule has 228 valence electrons. The van der Waals surface area contributed by atoms with Crippen LogP contribution in [-0.4, -0.2) is 24.0 Å². The second kappa shape index (κ2) is 11.8. The standard InChI is InChI=1S/C35H59NO4/c1-13-15-30(3,4)17-19-33(9,29(39)40-12)20-18-31(5,6)35(11)16-14-26-32(7,8)28(38)25(23-36)22-34(26,10)27(35)21-24(2)37/h26-27,38H,13-22H2,1-12H3/t26-,27+,33-,34-,35+/m0/s1. The highest BCUT2D eigenvalue weighted by Crippen LogP contribution is 2.69. The van der Waals surface area contributed by atoms with E-state index in [1.807, 2.05) is 0 Å². The lowest BCUT2D eigenvalue weighted by molar-refractivity contribution is -0.164. The van der Waals surface area contributed by atoms with E-state index in [0.717, 1.165) is 51.4 Å². The van der Waals surface area contributed by atoms with Crippen molar-refractivity contribution < 1.29 is 19.4 Å². The number of ketones is 1. The number of hydrogen-bond donors (Lipinski definition) is 1. The lowest BCUT2D eigenvalue weighted by Gasteiger charge is -2.65. The van der Waals surface area contributed by atoms with Gasteiger partial charge in [-0.25, -0.2) is 0 Å². The summed E-state index contributed by atoms with van der Waals surface area (Å²) in [6.07, 6.45) is 8.42. The molecule has 1 N–H and O–H groups in total. The third kappa shape index (κ3) is 6.32. The van der Waals surface area contributed by atoms with Crippen molar-refractivity contribution in [1.82, 2.24) is 0 Å². The Morgan fingerprint density at radius 3 is 2.10 bits per heavy atom. The first-order chi connectivity index (χ1) is 18.2. The molecule has 2 rings (SSSR count). The molecule has 0 unspecified atom stereocenters. The smallest absolute Gasteiger partial charge is 0.311 e. The molecule has 1 fully saturated rings. The van der Waals surface area contributed by atoms with Crippen molar-refractivity contribution in [2.75, 3.05) is 7.11 Å². The lowest BCUT2D eigenvalue weighted by atomic mass is 9.39. The summed E-state index contributed by atoms with van der Waals surface area (Å²) in [5.74, 6) is 0.481. The Hall–Kier alpha value is -1.83. The van der Waals surface area contributed by atoms with Crippen molar-refractivity contribution in [3.63, 3.8) is 0 Å². The SMILES string of the molecule is CCCC(C)(C)CC[C@@](C)(CCC(C)(C)[C@]1(C)CC[C@H]2C(C)(C)C(O)=C(C#N)C[C@]2(C)[C@H]1CC(C)=O)C(=O)OC. The van der Waals surface area contributed by atoms with Crippen molar-refractivity contribution in [1.29, 1.82) is 5.26 Å². The number of carbonyl (C=O) groups is 2. The van der Waals surface area contributed by atoms with E-state index in [-0.39, 0.29) is 51.0 Å². The highest BCUT2D eigenvalue weighted by molar-refractivity contribution is 5.76. The monoisotopic (exact) mass is 557 g/mol. The number of methoxy groups -OCH3 is 1. The van der Waals surface area contributed by atoms with Crippen molar-refractivity contribution in [2.24, 2.45) is 44.3 Å². The van der Waals surface area contributed by atoms with Gasteiger partial charge in [-0.3, -0.25) is 4.79 Å². The Morgan fingerprint density at radius 1 is 1.02 bits per heavy atom. The number of ether oxygens (including phenoxy) is 1. The van der Waals surface area contributed by atoms with Crippen LogP contribution in [0, 0.1) is 55.7 Å². The minimum Gasteiger partial charge on any atom is -0.511 e. The van der Waals surface area contributed by atoms with Gasteiger partial charge in [0.2, 0.25) is 0 Å². The number of Topliss-reactive ketones (excluding diaryl/α,β-unsaturated/α-hetero) is 1. The van der Waals surface area contributed by atoms with Gasteiger partial charge in [-0.1, -0.05) is 68.7 Å². The van der Waals surface area contributed by atoms with Gasteiger partial charge in [0.15, 0.2) is 0 Å². The van der Waals surface area contributed by atoms with Crippen molar-refractivity contribution in [2.45, 2.75) is 140 Å². The summed E-state index contributed by atoms with van der Waals surface area (Å²) in [5, 5.41) is 21.0. The molecule has 0 spiro atoms. The largest absolute Gasteiger partial charge is 0.511 e. The van der Waals surface area contributed by atoms with Gasteiger partial charge in [0.1, 0.15) is 11.5 Å². The van der Waals surface area contributed by atoms with Gasteiger partial charge in [0, 0.05) is 11.8 Å². The minimum atomic E-state index is -0.570. The van der Waals surface area contributed by atoms with Crippen molar-refractivity contribution in [3.05, 3.63) is 11.3 Å². The van der Waals surface area contributed by atoms with Crippen molar-refractivity contribution in [3.8, 4) is 6.07 Å². The summed E-state index contributed by atoms with van der Waals surface area (Å²) >= 11 is 0. The molecular formula is C35H59NO4. The highest BCUT2D eigenvalue weighted by Gasteiger charge is 2.63. The fraction of sp³-hybridized carbons (Fsp3) is 0.857. The number of allylic oxidation sites excluding steroid dienone is 2. The van der Waals surface area contributed by atoms with E-state index in [2.05, 4.69) is 75.3 Å². The molecule has 2 aliphatic rings. The van der Waals surface area contributed by atoms with Crippen LogP contribution in [-0.2, 0) is 14.3 Å². The van der Waals surface area contributed by atoms with Crippen LogP contribution in [0.3, 0.4) is 0 Å². The Kier molecular flexibility index (Phi) is 10.1. The molecule has 0 heterocycles. The van der Waals surface area contributed by atoms with Gasteiger partial charge in [-0.15, -0.1) is 0 Å². The first-order valence-corrected chi connectivity index (χ1v) is 15.6. The number of rotatable bonds is 12. The summed E-state index contributed by atoms with van der Waals surface area (Å²) in [7, 11) is 1.50. The molecule has 5 nitrogen and oxygen atoms in total. The van der Waals surface area contributed by atoms with Gasteiger partial charge in [-0.2, -0.15) is 5.26 Å². The molecule has 0 radical (unpaired) electrons. The Labute approximate surface area is 245 Å². The Bertz CT molecular complexity index is 1030. The summed E-state index contributed by atoms with van der Waals surface area (Å²) in [5.41, 5.74) is -1.11. The van der Waals surface area contributed by atoms with E-state index in [4.69, 9.17) is 4.74 Å². The zero-order valence-electron chi connectivity index (χ0n) is 27.8. The number of nitriles is 1. The average molecular weight is 558 g/mol. The van der Waals surface area contributed by atoms with E-state index in [1.54, 1.807) is 6.92 Å². The van der Waals surface area contributed by atoms with E-state index in [9.17, 15) is 20.0 Å². The summed E-state index contributed by atoms with van der Waals surface area (Å²) in [6.45, 7) is 23.9. The first kappa shape index (κ1) is 34.4. The zero-order valence-corrected chi connectivity index (χ0v) is 27.8. The molecule has 5 heteroatoms. The molecule has 2 aliphatic carbocycles.